The van der Waals surface area contributed by atoms with Crippen LogP contribution in [0.15, 0.2) is 48.6 Å². The average molecular weight is 589 g/mol. The Labute approximate surface area is 247 Å². The van der Waals surface area contributed by atoms with Crippen LogP contribution in [-0.2, 0) is 0 Å². The Morgan fingerprint density at radius 2 is 1.33 bits per heavy atom. The molecule has 230 valence electrons. The minimum atomic E-state index is -3.51. The van der Waals surface area contributed by atoms with Gasteiger partial charge in [0.1, 0.15) is 11.6 Å². The van der Waals surface area contributed by atoms with Crippen LogP contribution in [-0.4, -0.2) is 6.11 Å². The number of hydrogen-bond donors (Lipinski definition) is 0. The number of hydrogen-bond acceptors (Lipinski definition) is 1. The molecular formula is C36H45F5O. The van der Waals surface area contributed by atoms with Crippen molar-refractivity contribution in [2.45, 2.75) is 115 Å². The van der Waals surface area contributed by atoms with Gasteiger partial charge >= 0.3 is 6.11 Å². The minimum absolute atomic E-state index is 0.113. The molecule has 42 heavy (non-hydrogen) atoms. The van der Waals surface area contributed by atoms with Crippen molar-refractivity contribution in [2.24, 2.45) is 23.7 Å². The molecule has 2 aromatic carbocycles. The maximum Gasteiger partial charge on any atom is 0.400 e. The van der Waals surface area contributed by atoms with Gasteiger partial charge in [0.15, 0.2) is 11.6 Å². The Morgan fingerprint density at radius 3 is 1.95 bits per heavy atom. The predicted octanol–water partition coefficient (Wildman–Crippen LogP) is 11.5. The summed E-state index contributed by atoms with van der Waals surface area (Å²) in [6.07, 6.45) is 14.8. The van der Waals surface area contributed by atoms with E-state index in [1.165, 1.54) is 44.9 Å². The van der Waals surface area contributed by atoms with E-state index < -0.39 is 29.4 Å². The molecule has 2 aromatic rings. The number of alkyl halides is 2. The molecule has 0 saturated heterocycles. The zero-order chi connectivity index (χ0) is 29.7. The molecule has 0 aromatic heterocycles. The Hall–Kier alpha value is -2.37. The first-order valence-electron chi connectivity index (χ1n) is 16.2. The molecule has 0 N–H and O–H groups in total. The molecule has 5 rings (SSSR count). The van der Waals surface area contributed by atoms with Gasteiger partial charge in [-0.3, -0.25) is 0 Å². The normalized spacial score (nSPS) is 29.1. The van der Waals surface area contributed by atoms with Crippen LogP contribution >= 0.6 is 0 Å². The van der Waals surface area contributed by atoms with E-state index in [0.717, 1.165) is 54.7 Å². The highest BCUT2D eigenvalue weighted by atomic mass is 19.3. The average Bonchev–Trinajstić information content (AvgIpc) is 2.99. The number of allylic oxidation sites excluding steroid dienone is 2. The third-order valence-corrected chi connectivity index (χ3v) is 10.5. The van der Waals surface area contributed by atoms with Crippen LogP contribution in [0.3, 0.4) is 0 Å². The number of halogens is 5. The van der Waals surface area contributed by atoms with Gasteiger partial charge < -0.3 is 4.74 Å². The molecular weight excluding hydrogens is 543 g/mol. The van der Waals surface area contributed by atoms with Gasteiger partial charge in [-0.1, -0.05) is 31.2 Å². The summed E-state index contributed by atoms with van der Waals surface area (Å²) in [5.41, 5.74) is 1.68. The van der Waals surface area contributed by atoms with Crippen molar-refractivity contribution in [3.05, 3.63) is 77.1 Å². The standard InChI is InChI=1S/C36H45F5O/c1-2-3-4-5-24-6-8-25(9-7-24)26-10-12-27(13-11-26)29-16-20-32(34(38)22-29)28-14-17-30(18-15-28)36(40,41)42-31-19-21-33(37)35(39)23-31/h3-4,16,19-28,30H,2,5-15,17-18H2,1H3. The van der Waals surface area contributed by atoms with E-state index in [1.807, 2.05) is 6.07 Å². The molecule has 6 heteroatoms. The van der Waals surface area contributed by atoms with E-state index in [-0.39, 0.29) is 24.6 Å². The van der Waals surface area contributed by atoms with Crippen LogP contribution in [0.5, 0.6) is 5.75 Å². The summed E-state index contributed by atoms with van der Waals surface area (Å²) < 4.78 is 76.3. The third-order valence-electron chi connectivity index (χ3n) is 10.5. The summed E-state index contributed by atoms with van der Waals surface area (Å²) in [5.74, 6) is -1.25. The molecule has 0 amide bonds. The van der Waals surface area contributed by atoms with Gasteiger partial charge in [0.2, 0.25) is 0 Å². The molecule has 3 aliphatic carbocycles. The van der Waals surface area contributed by atoms with Crippen molar-refractivity contribution in [2.75, 3.05) is 0 Å². The molecule has 3 aliphatic rings. The number of ether oxygens (including phenoxy) is 1. The van der Waals surface area contributed by atoms with Crippen molar-refractivity contribution >= 4 is 0 Å². The van der Waals surface area contributed by atoms with Crippen LogP contribution in [0.4, 0.5) is 22.0 Å². The van der Waals surface area contributed by atoms with E-state index in [1.54, 1.807) is 6.07 Å². The zero-order valence-corrected chi connectivity index (χ0v) is 24.8. The van der Waals surface area contributed by atoms with Crippen LogP contribution < -0.4 is 4.74 Å². The fourth-order valence-electron chi connectivity index (χ4n) is 7.92. The summed E-state index contributed by atoms with van der Waals surface area (Å²) in [6.45, 7) is 2.19. The van der Waals surface area contributed by atoms with E-state index in [0.29, 0.717) is 30.4 Å². The molecule has 0 aliphatic heterocycles. The van der Waals surface area contributed by atoms with Gasteiger partial charge in [-0.2, -0.15) is 8.78 Å². The van der Waals surface area contributed by atoms with Crippen LogP contribution in [0.2, 0.25) is 0 Å². The third kappa shape index (κ3) is 7.58. The predicted molar refractivity (Wildman–Crippen MR) is 157 cm³/mol. The Morgan fingerprint density at radius 1 is 0.690 bits per heavy atom. The first-order valence-corrected chi connectivity index (χ1v) is 16.2. The van der Waals surface area contributed by atoms with E-state index in [2.05, 4.69) is 25.1 Å². The number of benzene rings is 2. The van der Waals surface area contributed by atoms with Gasteiger partial charge in [0.25, 0.3) is 0 Å². The van der Waals surface area contributed by atoms with E-state index >= 15 is 4.39 Å². The molecule has 1 nitrogen and oxygen atoms in total. The maximum atomic E-state index is 15.4. The topological polar surface area (TPSA) is 9.23 Å². The first-order chi connectivity index (χ1) is 20.2. The van der Waals surface area contributed by atoms with Gasteiger partial charge in [-0.15, -0.1) is 0 Å². The van der Waals surface area contributed by atoms with Crippen molar-refractivity contribution in [1.82, 2.24) is 0 Å². The smallest absolute Gasteiger partial charge is 0.400 e. The molecule has 3 fully saturated rings. The zero-order valence-electron chi connectivity index (χ0n) is 24.8. The Balaban J connectivity index is 1.09. The van der Waals surface area contributed by atoms with Gasteiger partial charge in [-0.05, 0) is 149 Å². The van der Waals surface area contributed by atoms with Crippen LogP contribution in [0, 0.1) is 41.1 Å². The van der Waals surface area contributed by atoms with Gasteiger partial charge in [0.05, 0.1) is 5.92 Å². The summed E-state index contributed by atoms with van der Waals surface area (Å²) in [6, 6.07) is 8.05. The molecule has 0 radical (unpaired) electrons. The highest BCUT2D eigenvalue weighted by Crippen LogP contribution is 2.46. The molecule has 0 bridgehead atoms. The molecule has 0 heterocycles. The lowest BCUT2D eigenvalue weighted by Crippen LogP contribution is -2.37. The van der Waals surface area contributed by atoms with E-state index in [9.17, 15) is 17.6 Å². The van der Waals surface area contributed by atoms with Crippen LogP contribution in [0.25, 0.3) is 0 Å². The SMILES string of the molecule is CCC=CCC1CCC(C2CCC(c3ccc(C4CCC(C(F)(F)Oc5ccc(F)c(F)c5)CC4)c(F)c3)CC2)CC1. The quantitative estimate of drug-likeness (QED) is 0.209. The minimum Gasteiger partial charge on any atom is -0.432 e. The molecule has 0 unspecified atom stereocenters. The maximum absolute atomic E-state index is 15.4. The molecule has 3 saturated carbocycles. The highest BCUT2D eigenvalue weighted by molar-refractivity contribution is 5.30. The molecule has 0 spiro atoms. The largest absolute Gasteiger partial charge is 0.432 e. The first kappa shape index (κ1) is 31.1. The van der Waals surface area contributed by atoms with Crippen molar-refractivity contribution in [3.63, 3.8) is 0 Å². The van der Waals surface area contributed by atoms with Crippen molar-refractivity contribution in [3.8, 4) is 5.75 Å². The van der Waals surface area contributed by atoms with Crippen molar-refractivity contribution in [1.29, 1.82) is 0 Å². The van der Waals surface area contributed by atoms with Crippen molar-refractivity contribution < 1.29 is 26.7 Å². The van der Waals surface area contributed by atoms with Crippen LogP contribution in [0.1, 0.15) is 120 Å². The van der Waals surface area contributed by atoms with Gasteiger partial charge in [-0.25, -0.2) is 13.2 Å². The highest BCUT2D eigenvalue weighted by Gasteiger charge is 2.44. The monoisotopic (exact) mass is 588 g/mol. The lowest BCUT2D eigenvalue weighted by atomic mass is 9.68. The fourth-order valence-corrected chi connectivity index (χ4v) is 7.92. The molecule has 0 atom stereocenters. The number of rotatable bonds is 9. The second kappa shape index (κ2) is 13.9. The van der Waals surface area contributed by atoms with E-state index in [4.69, 9.17) is 4.74 Å². The lowest BCUT2D eigenvalue weighted by molar-refractivity contribution is -0.222. The second-order valence-electron chi connectivity index (χ2n) is 13.1. The Bertz CT molecular complexity index is 1190. The Kier molecular flexibility index (Phi) is 10.3. The fraction of sp³-hybridized carbons (Fsp3) is 0.611. The summed E-state index contributed by atoms with van der Waals surface area (Å²) in [7, 11) is 0. The van der Waals surface area contributed by atoms with Gasteiger partial charge in [0, 0.05) is 6.07 Å². The summed E-state index contributed by atoms with van der Waals surface area (Å²) in [4.78, 5) is 0. The summed E-state index contributed by atoms with van der Waals surface area (Å²) >= 11 is 0. The summed E-state index contributed by atoms with van der Waals surface area (Å²) in [5, 5.41) is 0. The lowest BCUT2D eigenvalue weighted by Gasteiger charge is -2.38. The second-order valence-corrected chi connectivity index (χ2v) is 13.1.